The minimum atomic E-state index is -0.115. The number of piperidine rings is 1. The van der Waals surface area contributed by atoms with Crippen molar-refractivity contribution in [3.8, 4) is 0 Å². The normalized spacial score (nSPS) is 21.2. The van der Waals surface area contributed by atoms with Gasteiger partial charge in [-0.25, -0.2) is 0 Å². The molecule has 2 heterocycles. The largest absolute Gasteiger partial charge is 0.375 e. The van der Waals surface area contributed by atoms with Gasteiger partial charge in [0.2, 0.25) is 5.91 Å². The molecule has 2 aromatic rings. The number of benzene rings is 2. The highest BCUT2D eigenvalue weighted by molar-refractivity contribution is 5.76. The highest BCUT2D eigenvalue weighted by atomic mass is 16.5. The topological polar surface area (TPSA) is 38.8 Å². The molecule has 154 valence electrons. The molecule has 1 amide bonds. The molecule has 1 atom stereocenters. The van der Waals surface area contributed by atoms with Crippen molar-refractivity contribution in [3.63, 3.8) is 0 Å². The maximum absolute atomic E-state index is 12.6. The summed E-state index contributed by atoms with van der Waals surface area (Å²) >= 11 is 0. The Morgan fingerprint density at radius 1 is 1.00 bits per heavy atom. The lowest BCUT2D eigenvalue weighted by Crippen LogP contribution is -2.52. The van der Waals surface area contributed by atoms with Crippen molar-refractivity contribution in [2.24, 2.45) is 0 Å². The lowest BCUT2D eigenvalue weighted by atomic mass is 9.83. The summed E-state index contributed by atoms with van der Waals surface area (Å²) in [7, 11) is 0. The fraction of sp³-hybridized carbons (Fsp3) is 0.480. The number of aryl methyl sites for hydroxylation is 1. The molecule has 0 bridgehead atoms. The van der Waals surface area contributed by atoms with Crippen molar-refractivity contribution in [2.75, 3.05) is 19.7 Å². The lowest BCUT2D eigenvalue weighted by Gasteiger charge is -2.46. The monoisotopic (exact) mass is 393 g/mol. The molecule has 4 rings (SSSR count). The van der Waals surface area contributed by atoms with E-state index in [-0.39, 0.29) is 17.6 Å². The van der Waals surface area contributed by atoms with E-state index < -0.39 is 0 Å². The number of carbonyl (C=O) groups excluding carboxylic acids is 1. The van der Waals surface area contributed by atoms with Crippen molar-refractivity contribution in [3.05, 3.63) is 71.8 Å². The average molecular weight is 394 g/mol. The summed E-state index contributed by atoms with van der Waals surface area (Å²) in [6.07, 6.45) is 5.35. The molecule has 2 aromatic carbocycles. The minimum absolute atomic E-state index is 0.115. The molecule has 2 fully saturated rings. The van der Waals surface area contributed by atoms with Crippen LogP contribution in [0, 0.1) is 0 Å². The summed E-state index contributed by atoms with van der Waals surface area (Å²) in [6, 6.07) is 20.6. The third-order valence-corrected chi connectivity index (χ3v) is 6.27. The molecule has 0 N–H and O–H groups in total. The summed E-state index contributed by atoms with van der Waals surface area (Å²) in [6.45, 7) is 2.99. The van der Waals surface area contributed by atoms with Crippen LogP contribution in [0.4, 0.5) is 0 Å². The Kier molecular flexibility index (Phi) is 6.63. The van der Waals surface area contributed by atoms with Crippen molar-refractivity contribution in [1.29, 1.82) is 0 Å². The second-order valence-corrected chi connectivity index (χ2v) is 8.31. The van der Waals surface area contributed by atoms with E-state index in [1.54, 1.807) is 0 Å². The molecule has 2 aliphatic rings. The highest BCUT2D eigenvalue weighted by Crippen LogP contribution is 2.36. The van der Waals surface area contributed by atoms with Crippen LogP contribution in [0.2, 0.25) is 0 Å². The molecule has 0 saturated carbocycles. The Morgan fingerprint density at radius 2 is 1.66 bits per heavy atom. The number of ether oxygens (including phenoxy) is 2. The van der Waals surface area contributed by atoms with Gasteiger partial charge in [-0.05, 0) is 36.8 Å². The van der Waals surface area contributed by atoms with Crippen LogP contribution in [0.5, 0.6) is 0 Å². The predicted octanol–water partition coefficient (Wildman–Crippen LogP) is 4.38. The molecule has 1 unspecified atom stereocenters. The van der Waals surface area contributed by atoms with E-state index in [1.807, 2.05) is 29.2 Å². The first-order valence-electron chi connectivity index (χ1n) is 10.8. The first kappa shape index (κ1) is 20.1. The summed E-state index contributed by atoms with van der Waals surface area (Å²) in [5.41, 5.74) is 2.32. The third kappa shape index (κ3) is 5.46. The molecule has 0 aliphatic carbocycles. The Morgan fingerprint density at radius 3 is 2.34 bits per heavy atom. The Labute approximate surface area is 173 Å². The third-order valence-electron chi connectivity index (χ3n) is 6.27. The number of hydrogen-bond donors (Lipinski definition) is 0. The molecule has 2 saturated heterocycles. The van der Waals surface area contributed by atoms with Gasteiger partial charge in [-0.1, -0.05) is 60.7 Å². The first-order chi connectivity index (χ1) is 14.2. The summed E-state index contributed by atoms with van der Waals surface area (Å²) in [4.78, 5) is 14.6. The van der Waals surface area contributed by atoms with Crippen molar-refractivity contribution < 1.29 is 14.3 Å². The Balaban J connectivity index is 1.23. The summed E-state index contributed by atoms with van der Waals surface area (Å²) < 4.78 is 12.4. The van der Waals surface area contributed by atoms with Gasteiger partial charge in [0.05, 0.1) is 18.3 Å². The van der Waals surface area contributed by atoms with E-state index in [0.29, 0.717) is 13.0 Å². The average Bonchev–Trinajstić information content (AvgIpc) is 2.78. The van der Waals surface area contributed by atoms with E-state index in [9.17, 15) is 4.79 Å². The number of amides is 1. The second kappa shape index (κ2) is 9.55. The fourth-order valence-electron chi connectivity index (χ4n) is 4.48. The van der Waals surface area contributed by atoms with Crippen LogP contribution in [-0.4, -0.2) is 42.2 Å². The maximum Gasteiger partial charge on any atom is 0.222 e. The molecule has 0 aromatic heterocycles. The predicted molar refractivity (Wildman–Crippen MR) is 114 cm³/mol. The molecular weight excluding hydrogens is 362 g/mol. The van der Waals surface area contributed by atoms with Crippen molar-refractivity contribution >= 4 is 5.91 Å². The molecule has 4 nitrogen and oxygen atoms in total. The SMILES string of the molecule is O=C(CCc1ccccc1)N1CCC2(CC1)CC(OCc1ccccc1)CCO2. The molecule has 0 radical (unpaired) electrons. The summed E-state index contributed by atoms with van der Waals surface area (Å²) in [5, 5.41) is 0. The van der Waals surface area contributed by atoms with Crippen LogP contribution >= 0.6 is 0 Å². The van der Waals surface area contributed by atoms with Crippen LogP contribution in [0.3, 0.4) is 0 Å². The standard InChI is InChI=1S/C25H31NO3/c27-24(12-11-21-7-3-1-4-8-21)26-16-14-25(15-17-26)19-23(13-18-29-25)28-20-22-9-5-2-6-10-22/h1-10,23H,11-20H2. The highest BCUT2D eigenvalue weighted by Gasteiger charge is 2.41. The number of likely N-dealkylation sites (tertiary alicyclic amines) is 1. The van der Waals surface area contributed by atoms with Gasteiger partial charge in [-0.2, -0.15) is 0 Å². The van der Waals surface area contributed by atoms with Crippen LogP contribution in [0.15, 0.2) is 60.7 Å². The molecule has 2 aliphatic heterocycles. The van der Waals surface area contributed by atoms with Crippen LogP contribution < -0.4 is 0 Å². The number of rotatable bonds is 6. The molecule has 4 heteroatoms. The van der Waals surface area contributed by atoms with Gasteiger partial charge in [0.25, 0.3) is 0 Å². The Bertz CT molecular complexity index is 769. The zero-order valence-electron chi connectivity index (χ0n) is 17.1. The second-order valence-electron chi connectivity index (χ2n) is 8.31. The number of hydrogen-bond acceptors (Lipinski definition) is 3. The number of nitrogens with zero attached hydrogens (tertiary/aromatic N) is 1. The lowest BCUT2D eigenvalue weighted by molar-refractivity contribution is -0.163. The van der Waals surface area contributed by atoms with E-state index in [2.05, 4.69) is 36.4 Å². The van der Waals surface area contributed by atoms with Gasteiger partial charge in [0, 0.05) is 32.5 Å². The van der Waals surface area contributed by atoms with E-state index in [1.165, 1.54) is 11.1 Å². The van der Waals surface area contributed by atoms with Crippen molar-refractivity contribution in [1.82, 2.24) is 4.90 Å². The minimum Gasteiger partial charge on any atom is -0.375 e. The molecular formula is C25H31NO3. The maximum atomic E-state index is 12.6. The fourth-order valence-corrected chi connectivity index (χ4v) is 4.48. The van der Waals surface area contributed by atoms with Gasteiger partial charge in [0.1, 0.15) is 0 Å². The van der Waals surface area contributed by atoms with Gasteiger partial charge in [-0.3, -0.25) is 4.79 Å². The van der Waals surface area contributed by atoms with E-state index >= 15 is 0 Å². The van der Waals surface area contributed by atoms with Gasteiger partial charge in [0.15, 0.2) is 0 Å². The number of carbonyl (C=O) groups is 1. The Hall–Kier alpha value is -2.17. The molecule has 29 heavy (non-hydrogen) atoms. The van der Waals surface area contributed by atoms with Crippen LogP contribution in [-0.2, 0) is 27.3 Å². The van der Waals surface area contributed by atoms with E-state index in [0.717, 1.165) is 51.8 Å². The quantitative estimate of drug-likeness (QED) is 0.731. The summed E-state index contributed by atoms with van der Waals surface area (Å²) in [5.74, 6) is 0.261. The van der Waals surface area contributed by atoms with Gasteiger partial charge < -0.3 is 14.4 Å². The smallest absolute Gasteiger partial charge is 0.222 e. The van der Waals surface area contributed by atoms with Gasteiger partial charge >= 0.3 is 0 Å². The molecule has 1 spiro atoms. The van der Waals surface area contributed by atoms with Crippen LogP contribution in [0.1, 0.15) is 43.2 Å². The van der Waals surface area contributed by atoms with Crippen LogP contribution in [0.25, 0.3) is 0 Å². The van der Waals surface area contributed by atoms with Crippen molar-refractivity contribution in [2.45, 2.75) is 56.8 Å². The zero-order chi connectivity index (χ0) is 19.9. The first-order valence-corrected chi connectivity index (χ1v) is 10.8. The zero-order valence-corrected chi connectivity index (χ0v) is 17.1. The van der Waals surface area contributed by atoms with E-state index in [4.69, 9.17) is 9.47 Å². The van der Waals surface area contributed by atoms with Gasteiger partial charge in [-0.15, -0.1) is 0 Å².